The zero-order chi connectivity index (χ0) is 14.9. The monoisotopic (exact) mass is 356 g/mol. The van der Waals surface area contributed by atoms with Crippen molar-refractivity contribution in [3.8, 4) is 0 Å². The Balaban J connectivity index is 2.42. The molecule has 1 aliphatic heterocycles. The van der Waals surface area contributed by atoms with Gasteiger partial charge in [-0.15, -0.1) is 0 Å². The van der Waals surface area contributed by atoms with E-state index in [-0.39, 0.29) is 51.9 Å². The predicted octanol–water partition coefficient (Wildman–Crippen LogP) is 2.16. The Bertz CT molecular complexity index is 625. The molecule has 0 atom stereocenters. The van der Waals surface area contributed by atoms with Crippen LogP contribution in [0, 0.1) is 0 Å². The Morgan fingerprint density at radius 1 is 1.10 bits per heavy atom. The highest BCUT2D eigenvalue weighted by Gasteiger charge is 2.30. The number of halogens is 3. The molecule has 110 valence electrons. The van der Waals surface area contributed by atoms with Crippen molar-refractivity contribution >= 4 is 50.7 Å². The van der Waals surface area contributed by atoms with Gasteiger partial charge in [0.2, 0.25) is 15.9 Å². The van der Waals surface area contributed by atoms with E-state index in [9.17, 15) is 13.2 Å². The molecular weight excluding hydrogens is 347 g/mol. The summed E-state index contributed by atoms with van der Waals surface area (Å²) in [6, 6.07) is 2.65. The minimum Gasteiger partial charge on any atom is -0.355 e. The van der Waals surface area contributed by atoms with Gasteiger partial charge in [0.05, 0.1) is 10.0 Å². The molecule has 0 bridgehead atoms. The van der Waals surface area contributed by atoms with Crippen molar-refractivity contribution in [3.05, 3.63) is 27.2 Å². The van der Waals surface area contributed by atoms with Crippen LogP contribution >= 0.6 is 34.8 Å². The molecule has 1 N–H and O–H groups in total. The number of nitrogens with one attached hydrogen (secondary N) is 1. The zero-order valence-electron chi connectivity index (χ0n) is 10.2. The van der Waals surface area contributed by atoms with Crippen LogP contribution in [0.1, 0.15) is 6.42 Å². The number of amides is 1. The predicted molar refractivity (Wildman–Crippen MR) is 77.9 cm³/mol. The molecule has 0 saturated carbocycles. The van der Waals surface area contributed by atoms with Crippen LogP contribution in [0.5, 0.6) is 0 Å². The van der Waals surface area contributed by atoms with E-state index in [4.69, 9.17) is 34.8 Å². The maximum Gasteiger partial charge on any atom is 0.246 e. The van der Waals surface area contributed by atoms with E-state index in [2.05, 4.69) is 5.32 Å². The lowest BCUT2D eigenvalue weighted by Gasteiger charge is -2.20. The smallest absolute Gasteiger partial charge is 0.246 e. The van der Waals surface area contributed by atoms with Crippen molar-refractivity contribution in [2.45, 2.75) is 11.3 Å². The third-order valence-electron chi connectivity index (χ3n) is 2.83. The number of hydrogen-bond donors (Lipinski definition) is 1. The van der Waals surface area contributed by atoms with E-state index in [1.807, 2.05) is 0 Å². The van der Waals surface area contributed by atoms with Gasteiger partial charge in [-0.25, -0.2) is 8.42 Å². The second kappa shape index (κ2) is 6.07. The average Bonchev–Trinajstić information content (AvgIpc) is 2.52. The Hall–Kier alpha value is -0.530. The van der Waals surface area contributed by atoms with E-state index in [0.717, 1.165) is 0 Å². The lowest BCUT2D eigenvalue weighted by atomic mass is 10.4. The molecule has 2 rings (SSSR count). The van der Waals surface area contributed by atoms with Crippen molar-refractivity contribution in [2.24, 2.45) is 0 Å². The number of nitrogens with zero attached hydrogens (tertiary/aromatic N) is 1. The molecule has 0 unspecified atom stereocenters. The maximum atomic E-state index is 12.6. The van der Waals surface area contributed by atoms with Gasteiger partial charge in [-0.05, 0) is 12.1 Å². The average molecular weight is 358 g/mol. The maximum absolute atomic E-state index is 12.6. The van der Waals surface area contributed by atoms with Crippen molar-refractivity contribution < 1.29 is 13.2 Å². The summed E-state index contributed by atoms with van der Waals surface area (Å²) in [6.07, 6.45) is 0.0993. The van der Waals surface area contributed by atoms with E-state index in [1.165, 1.54) is 16.4 Å². The summed E-state index contributed by atoms with van der Waals surface area (Å²) >= 11 is 17.7. The van der Waals surface area contributed by atoms with Crippen LogP contribution < -0.4 is 5.32 Å². The molecule has 1 fully saturated rings. The quantitative estimate of drug-likeness (QED) is 0.882. The fraction of sp³-hybridized carbons (Fsp3) is 0.364. The number of hydrogen-bond acceptors (Lipinski definition) is 3. The summed E-state index contributed by atoms with van der Waals surface area (Å²) in [6.45, 7) is 0.508. The molecule has 1 saturated heterocycles. The highest BCUT2D eigenvalue weighted by Crippen LogP contribution is 2.34. The summed E-state index contributed by atoms with van der Waals surface area (Å²) in [5.74, 6) is -0.184. The molecular formula is C11H11Cl3N2O3S. The number of rotatable bonds is 2. The number of sulfonamides is 1. The van der Waals surface area contributed by atoms with Gasteiger partial charge in [-0.2, -0.15) is 4.31 Å². The van der Waals surface area contributed by atoms with Gasteiger partial charge in [0, 0.05) is 31.1 Å². The Labute approximate surface area is 131 Å². The van der Waals surface area contributed by atoms with Crippen LogP contribution in [0.15, 0.2) is 17.0 Å². The minimum atomic E-state index is -3.87. The van der Waals surface area contributed by atoms with Crippen molar-refractivity contribution in [2.75, 3.05) is 19.6 Å². The van der Waals surface area contributed by atoms with Crippen LogP contribution in [0.3, 0.4) is 0 Å². The molecule has 1 amide bonds. The molecule has 0 aromatic heterocycles. The fourth-order valence-corrected chi connectivity index (χ4v) is 4.83. The number of benzene rings is 1. The molecule has 0 radical (unpaired) electrons. The van der Waals surface area contributed by atoms with Crippen LogP contribution in [-0.2, 0) is 14.8 Å². The SMILES string of the molecule is O=C1CCN(S(=O)(=O)c2c(Cl)cc(Cl)cc2Cl)CCN1. The van der Waals surface area contributed by atoms with Crippen molar-refractivity contribution in [1.29, 1.82) is 0 Å². The first kappa shape index (κ1) is 15.9. The Morgan fingerprint density at radius 2 is 1.70 bits per heavy atom. The molecule has 1 aromatic carbocycles. The Morgan fingerprint density at radius 3 is 2.30 bits per heavy atom. The molecule has 9 heteroatoms. The van der Waals surface area contributed by atoms with E-state index in [0.29, 0.717) is 0 Å². The standard InChI is InChI=1S/C11H11Cl3N2O3S/c12-7-5-8(13)11(9(14)6-7)20(18,19)16-3-1-10(17)15-2-4-16/h5-6H,1-4H2,(H,15,17). The summed E-state index contributed by atoms with van der Waals surface area (Å²) in [5.41, 5.74) is 0. The molecule has 20 heavy (non-hydrogen) atoms. The van der Waals surface area contributed by atoms with Gasteiger partial charge >= 0.3 is 0 Å². The Kier molecular flexibility index (Phi) is 4.81. The van der Waals surface area contributed by atoms with Gasteiger partial charge in [-0.3, -0.25) is 4.79 Å². The van der Waals surface area contributed by atoms with Crippen LogP contribution in [0.4, 0.5) is 0 Å². The fourth-order valence-electron chi connectivity index (χ4n) is 1.89. The van der Waals surface area contributed by atoms with Gasteiger partial charge in [0.25, 0.3) is 0 Å². The van der Waals surface area contributed by atoms with Gasteiger partial charge in [0.1, 0.15) is 4.90 Å². The second-order valence-corrected chi connectivity index (χ2v) is 7.33. The molecule has 1 aliphatic rings. The van der Waals surface area contributed by atoms with Crippen LogP contribution in [0.25, 0.3) is 0 Å². The third kappa shape index (κ3) is 3.20. The van der Waals surface area contributed by atoms with Gasteiger partial charge < -0.3 is 5.32 Å². The first-order chi connectivity index (χ1) is 9.32. The summed E-state index contributed by atoms with van der Waals surface area (Å²) in [4.78, 5) is 11.1. The van der Waals surface area contributed by atoms with E-state index >= 15 is 0 Å². The van der Waals surface area contributed by atoms with Crippen LogP contribution in [0.2, 0.25) is 15.1 Å². The lowest BCUT2D eigenvalue weighted by Crippen LogP contribution is -2.34. The summed E-state index contributed by atoms with van der Waals surface area (Å²) in [5, 5.41) is 2.79. The van der Waals surface area contributed by atoms with Crippen molar-refractivity contribution in [3.63, 3.8) is 0 Å². The topological polar surface area (TPSA) is 66.5 Å². The number of carbonyl (C=O) groups is 1. The molecule has 0 aliphatic carbocycles. The summed E-state index contributed by atoms with van der Waals surface area (Å²) in [7, 11) is -3.87. The molecule has 0 spiro atoms. The van der Waals surface area contributed by atoms with Gasteiger partial charge in [-0.1, -0.05) is 34.8 Å². The normalized spacial score (nSPS) is 17.6. The second-order valence-electron chi connectivity index (χ2n) is 4.20. The molecule has 1 heterocycles. The van der Waals surface area contributed by atoms with Crippen LogP contribution in [-0.4, -0.2) is 38.3 Å². The summed E-state index contributed by atoms with van der Waals surface area (Å²) < 4.78 is 26.3. The first-order valence-corrected chi connectivity index (χ1v) is 8.31. The third-order valence-corrected chi connectivity index (χ3v) is 5.87. The van der Waals surface area contributed by atoms with E-state index in [1.54, 1.807) is 0 Å². The zero-order valence-corrected chi connectivity index (χ0v) is 13.3. The number of carbonyl (C=O) groups excluding carboxylic acids is 1. The molecule has 1 aromatic rings. The van der Waals surface area contributed by atoms with Gasteiger partial charge in [0.15, 0.2) is 0 Å². The van der Waals surface area contributed by atoms with Crippen molar-refractivity contribution in [1.82, 2.24) is 9.62 Å². The lowest BCUT2D eigenvalue weighted by molar-refractivity contribution is -0.120. The first-order valence-electron chi connectivity index (χ1n) is 5.74. The highest BCUT2D eigenvalue weighted by atomic mass is 35.5. The molecule has 5 nitrogen and oxygen atoms in total. The van der Waals surface area contributed by atoms with E-state index < -0.39 is 10.0 Å². The highest BCUT2D eigenvalue weighted by molar-refractivity contribution is 7.89. The minimum absolute atomic E-state index is 0.0361. The largest absolute Gasteiger partial charge is 0.355 e.